The van der Waals surface area contributed by atoms with Crippen LogP contribution < -0.4 is 5.73 Å². The lowest BCUT2D eigenvalue weighted by atomic mass is 10.1. The van der Waals surface area contributed by atoms with Crippen LogP contribution in [0.15, 0.2) is 24.0 Å². The van der Waals surface area contributed by atoms with Gasteiger partial charge in [-0.15, -0.1) is 0 Å². The number of aliphatic carboxylic acids is 1. The highest BCUT2D eigenvalue weighted by atomic mass is 32.3. The van der Waals surface area contributed by atoms with Crippen LogP contribution in [0, 0.1) is 0 Å². The topological polar surface area (TPSA) is 135 Å². The molecule has 0 saturated carbocycles. The molecule has 8 nitrogen and oxygen atoms in total. The van der Waals surface area contributed by atoms with Gasteiger partial charge in [-0.3, -0.25) is 4.79 Å². The van der Waals surface area contributed by atoms with Gasteiger partial charge in [-0.1, -0.05) is 16.9 Å². The predicted octanol–water partition coefficient (Wildman–Crippen LogP) is -0.183. The van der Waals surface area contributed by atoms with Gasteiger partial charge in [0.1, 0.15) is 6.04 Å². The Hall–Kier alpha value is -1.23. The fourth-order valence-electron chi connectivity index (χ4n) is 1.45. The maximum Gasteiger partial charge on any atom is 0.323 e. The maximum atomic E-state index is 11.8. The number of carboxylic acid groups (broad SMARTS) is 1. The molecular weight excluding hydrogens is 308 g/mol. The van der Waals surface area contributed by atoms with Crippen LogP contribution in [-0.2, 0) is 24.8 Å². The zero-order valence-corrected chi connectivity index (χ0v) is 12.4. The van der Waals surface area contributed by atoms with Crippen molar-refractivity contribution in [2.45, 2.75) is 25.3 Å². The highest BCUT2D eigenvalue weighted by Gasteiger charge is 2.40. The zero-order valence-electron chi connectivity index (χ0n) is 10.8. The molecular formula is C10H18N2O6S2. The first-order valence-corrected chi connectivity index (χ1v) is 8.62. The van der Waals surface area contributed by atoms with E-state index in [0.29, 0.717) is 17.2 Å². The van der Waals surface area contributed by atoms with E-state index in [1.54, 1.807) is 0 Å². The number of hydrogen-bond donors (Lipinski definition) is 2. The number of carboxylic acids is 1. The summed E-state index contributed by atoms with van der Waals surface area (Å²) < 4.78 is 47.0. The highest BCUT2D eigenvalue weighted by Crippen LogP contribution is 2.20. The van der Waals surface area contributed by atoms with Crippen molar-refractivity contribution in [3.05, 3.63) is 24.0 Å². The number of rotatable bonds is 10. The van der Waals surface area contributed by atoms with Crippen molar-refractivity contribution in [3.8, 4) is 0 Å². The second kappa shape index (κ2) is 7.53. The average molecular weight is 326 g/mol. The molecule has 0 aliphatic rings. The Morgan fingerprint density at radius 3 is 1.90 bits per heavy atom. The van der Waals surface area contributed by atoms with Crippen molar-refractivity contribution in [3.63, 3.8) is 0 Å². The molecule has 0 unspecified atom stereocenters. The molecule has 0 spiro atoms. The van der Waals surface area contributed by atoms with Crippen molar-refractivity contribution >= 4 is 26.0 Å². The van der Waals surface area contributed by atoms with Gasteiger partial charge in [-0.25, -0.2) is 16.8 Å². The molecule has 0 aliphatic heterocycles. The third kappa shape index (κ3) is 4.71. The molecule has 0 aliphatic carbocycles. The van der Waals surface area contributed by atoms with Gasteiger partial charge < -0.3 is 10.8 Å². The number of unbranched alkanes of at least 4 members (excludes halogenated alkanes) is 1. The first-order chi connectivity index (χ1) is 9.14. The minimum Gasteiger partial charge on any atom is -0.480 e. The van der Waals surface area contributed by atoms with Crippen molar-refractivity contribution in [2.24, 2.45) is 5.73 Å². The first-order valence-electron chi connectivity index (χ1n) is 5.61. The molecule has 1 atom stereocenters. The number of carbonyl (C=O) groups is 1. The number of sulfonamides is 2. The molecule has 0 fully saturated rings. The predicted molar refractivity (Wildman–Crippen MR) is 74.4 cm³/mol. The number of nitrogens with zero attached hydrogens (tertiary/aromatic N) is 1. The van der Waals surface area contributed by atoms with Gasteiger partial charge in [0.2, 0.25) is 20.0 Å². The van der Waals surface area contributed by atoms with Gasteiger partial charge in [-0.05, 0) is 25.8 Å². The van der Waals surface area contributed by atoms with Gasteiger partial charge in [0.05, 0.1) is 0 Å². The van der Waals surface area contributed by atoms with Crippen molar-refractivity contribution < 1.29 is 26.7 Å². The maximum absolute atomic E-state index is 11.8. The summed E-state index contributed by atoms with van der Waals surface area (Å²) in [6, 6.07) is -1.76. The first kappa shape index (κ1) is 18.8. The van der Waals surface area contributed by atoms with Gasteiger partial charge in [0.15, 0.2) is 0 Å². The second-order valence-corrected chi connectivity index (χ2v) is 7.53. The largest absolute Gasteiger partial charge is 0.480 e. The van der Waals surface area contributed by atoms with Crippen LogP contribution in [0.4, 0.5) is 0 Å². The molecule has 3 N–H and O–H groups in total. The minimum absolute atomic E-state index is 0.0845. The molecule has 0 heterocycles. The summed E-state index contributed by atoms with van der Waals surface area (Å²) in [5.74, 6) is -1.57. The molecule has 0 radical (unpaired) electrons. The van der Waals surface area contributed by atoms with E-state index < -0.39 is 32.1 Å². The van der Waals surface area contributed by atoms with Crippen LogP contribution in [0.2, 0.25) is 0 Å². The smallest absolute Gasteiger partial charge is 0.323 e. The van der Waals surface area contributed by atoms with Crippen LogP contribution in [0.25, 0.3) is 0 Å². The van der Waals surface area contributed by atoms with E-state index in [2.05, 4.69) is 13.2 Å². The lowest BCUT2D eigenvalue weighted by Crippen LogP contribution is -2.46. The highest BCUT2D eigenvalue weighted by molar-refractivity contribution is 8.06. The number of hydrogen-bond acceptors (Lipinski definition) is 6. The lowest BCUT2D eigenvalue weighted by molar-refractivity contribution is -0.140. The van der Waals surface area contributed by atoms with E-state index in [1.165, 1.54) is 0 Å². The fourth-order valence-corrected chi connectivity index (χ4v) is 4.37. The summed E-state index contributed by atoms with van der Waals surface area (Å²) in [5, 5.41) is 9.85. The van der Waals surface area contributed by atoms with E-state index in [4.69, 9.17) is 10.8 Å². The Balaban J connectivity index is 5.75. The van der Waals surface area contributed by atoms with Crippen LogP contribution in [0.1, 0.15) is 19.3 Å². The quantitative estimate of drug-likeness (QED) is 0.531. The van der Waals surface area contributed by atoms with Gasteiger partial charge in [0.25, 0.3) is 0 Å². The molecule has 0 bridgehead atoms. The third-order valence-electron chi connectivity index (χ3n) is 2.39. The van der Waals surface area contributed by atoms with Crippen LogP contribution in [0.3, 0.4) is 0 Å². The summed E-state index contributed by atoms with van der Waals surface area (Å²) in [5.41, 5.74) is 5.26. The molecule has 0 aromatic heterocycles. The summed E-state index contributed by atoms with van der Waals surface area (Å²) in [4.78, 5) is 11.2. The summed E-state index contributed by atoms with van der Waals surface area (Å²) >= 11 is 0. The van der Waals surface area contributed by atoms with Gasteiger partial charge >= 0.3 is 5.97 Å². The van der Waals surface area contributed by atoms with Crippen molar-refractivity contribution in [1.82, 2.24) is 3.71 Å². The van der Waals surface area contributed by atoms with E-state index in [1.807, 2.05) is 0 Å². The van der Waals surface area contributed by atoms with Gasteiger partial charge in [-0.2, -0.15) is 0 Å². The van der Waals surface area contributed by atoms with E-state index in [0.717, 1.165) is 0 Å². The normalized spacial score (nSPS) is 13.9. The molecule has 0 saturated heterocycles. The van der Waals surface area contributed by atoms with Gasteiger partial charge in [0, 0.05) is 10.8 Å². The Kier molecular flexibility index (Phi) is 7.06. The molecule has 0 aromatic rings. The summed E-state index contributed by atoms with van der Waals surface area (Å²) in [6.45, 7) is 6.28. The van der Waals surface area contributed by atoms with E-state index >= 15 is 0 Å². The molecule has 10 heteroatoms. The Labute approximate surface area is 118 Å². The van der Waals surface area contributed by atoms with Crippen LogP contribution in [-0.4, -0.2) is 44.2 Å². The Morgan fingerprint density at radius 2 is 1.60 bits per heavy atom. The molecule has 0 rings (SSSR count). The average Bonchev–Trinajstić information content (AvgIpc) is 2.37. The standard InChI is InChI=1S/C10H18N2O6S2/c1-3-19(15,16)12(20(17,18)4-2)9(10(13)14)7-5-6-8-11/h3-4,9H,1-2,5-8,11H2,(H,13,14)/t9-/m0/s1. The lowest BCUT2D eigenvalue weighted by Gasteiger charge is -2.24. The molecule has 20 heavy (non-hydrogen) atoms. The van der Waals surface area contributed by atoms with E-state index in [9.17, 15) is 21.6 Å². The Morgan fingerprint density at radius 1 is 1.15 bits per heavy atom. The molecule has 0 amide bonds. The monoisotopic (exact) mass is 326 g/mol. The van der Waals surface area contributed by atoms with Crippen molar-refractivity contribution in [2.75, 3.05) is 6.54 Å². The molecule has 0 aromatic carbocycles. The van der Waals surface area contributed by atoms with Crippen LogP contribution in [0.5, 0.6) is 0 Å². The fraction of sp³-hybridized carbons (Fsp3) is 0.500. The third-order valence-corrected chi connectivity index (χ3v) is 6.00. The van der Waals surface area contributed by atoms with Crippen molar-refractivity contribution in [1.29, 1.82) is 0 Å². The SMILES string of the molecule is C=CS(=O)(=O)N([C@@H](CCCCN)C(=O)O)S(=O)(=O)C=C. The summed E-state index contributed by atoms with van der Waals surface area (Å²) in [6.07, 6.45) is 0.524. The second-order valence-electron chi connectivity index (χ2n) is 3.79. The van der Waals surface area contributed by atoms with E-state index in [-0.39, 0.29) is 23.1 Å². The molecule has 116 valence electrons. The van der Waals surface area contributed by atoms with Crippen LogP contribution >= 0.6 is 0 Å². The minimum atomic E-state index is -4.49. The number of nitrogens with two attached hydrogens (primary N) is 1. The Bertz CT molecular complexity index is 529. The zero-order chi connectivity index (χ0) is 16.0. The summed E-state index contributed by atoms with van der Waals surface area (Å²) in [7, 11) is -8.97.